The van der Waals surface area contributed by atoms with Crippen molar-refractivity contribution in [2.75, 3.05) is 0 Å². The van der Waals surface area contributed by atoms with Crippen molar-refractivity contribution in [3.8, 4) is 0 Å². The van der Waals surface area contributed by atoms with Crippen molar-refractivity contribution in [1.29, 1.82) is 0 Å². The number of amides is 1. The molecule has 0 fully saturated rings. The zero-order valence-electron chi connectivity index (χ0n) is 11.4. The predicted octanol–water partition coefficient (Wildman–Crippen LogP) is 2.40. The van der Waals surface area contributed by atoms with Gasteiger partial charge >= 0.3 is 5.97 Å². The molecule has 3 rings (SSSR count). The quantitative estimate of drug-likeness (QED) is 0.904. The number of carbonyl (C=O) groups is 2. The van der Waals surface area contributed by atoms with Crippen molar-refractivity contribution < 1.29 is 19.1 Å². The van der Waals surface area contributed by atoms with Crippen LogP contribution >= 0.6 is 0 Å². The summed E-state index contributed by atoms with van der Waals surface area (Å²) in [4.78, 5) is 23.0. The van der Waals surface area contributed by atoms with Gasteiger partial charge in [0.2, 0.25) is 5.76 Å². The lowest BCUT2D eigenvalue weighted by Crippen LogP contribution is -2.23. The van der Waals surface area contributed by atoms with Gasteiger partial charge in [0.15, 0.2) is 0 Å². The minimum atomic E-state index is -1.12. The fourth-order valence-electron chi connectivity index (χ4n) is 2.68. The van der Waals surface area contributed by atoms with Gasteiger partial charge in [-0.25, -0.2) is 4.79 Å². The summed E-state index contributed by atoms with van der Waals surface area (Å²) in [5, 5.41) is 11.5. The lowest BCUT2D eigenvalue weighted by Gasteiger charge is -2.08. The first-order valence-electron chi connectivity index (χ1n) is 6.86. The van der Waals surface area contributed by atoms with E-state index in [1.807, 2.05) is 12.1 Å². The van der Waals surface area contributed by atoms with Crippen LogP contribution in [0.2, 0.25) is 0 Å². The number of hydrogen-bond donors (Lipinski definition) is 2. The Morgan fingerprint density at radius 2 is 2.05 bits per heavy atom. The maximum Gasteiger partial charge on any atom is 0.371 e. The molecule has 0 spiro atoms. The van der Waals surface area contributed by atoms with E-state index in [-0.39, 0.29) is 18.2 Å². The van der Waals surface area contributed by atoms with E-state index in [0.717, 1.165) is 24.8 Å². The fourth-order valence-corrected chi connectivity index (χ4v) is 2.68. The van der Waals surface area contributed by atoms with Crippen LogP contribution in [0.15, 0.2) is 34.7 Å². The molecular formula is C16H15NO4. The van der Waals surface area contributed by atoms with E-state index in [1.54, 1.807) is 6.07 Å². The fraction of sp³-hybridized carbons (Fsp3) is 0.250. The number of aromatic carboxylic acids is 1. The first-order valence-corrected chi connectivity index (χ1v) is 6.86. The average Bonchev–Trinajstić information content (AvgIpc) is 3.12. The Kier molecular flexibility index (Phi) is 3.48. The summed E-state index contributed by atoms with van der Waals surface area (Å²) in [5.41, 5.74) is 3.07. The molecule has 1 aliphatic carbocycles. The van der Waals surface area contributed by atoms with Gasteiger partial charge in [-0.05, 0) is 48.6 Å². The number of furan rings is 1. The Balaban J connectivity index is 1.69. The van der Waals surface area contributed by atoms with Gasteiger partial charge in [0.25, 0.3) is 5.91 Å². The third-order valence-corrected chi connectivity index (χ3v) is 3.69. The van der Waals surface area contributed by atoms with Gasteiger partial charge in [-0.2, -0.15) is 0 Å². The number of carbonyl (C=O) groups excluding carboxylic acids is 1. The highest BCUT2D eigenvalue weighted by Crippen LogP contribution is 2.25. The van der Waals surface area contributed by atoms with Crippen LogP contribution in [0.4, 0.5) is 0 Å². The molecule has 0 radical (unpaired) electrons. The first kappa shape index (κ1) is 13.4. The van der Waals surface area contributed by atoms with E-state index in [9.17, 15) is 9.59 Å². The number of fused-ring (bicyclic) bond motifs is 1. The Morgan fingerprint density at radius 1 is 1.19 bits per heavy atom. The first-order chi connectivity index (χ1) is 10.1. The highest BCUT2D eigenvalue weighted by atomic mass is 16.4. The third-order valence-electron chi connectivity index (χ3n) is 3.69. The van der Waals surface area contributed by atoms with E-state index in [1.165, 1.54) is 11.6 Å². The van der Waals surface area contributed by atoms with Crippen LogP contribution in [-0.2, 0) is 19.4 Å². The van der Waals surface area contributed by atoms with Gasteiger partial charge in [-0.1, -0.05) is 12.1 Å². The molecule has 0 saturated carbocycles. The van der Waals surface area contributed by atoms with E-state index < -0.39 is 5.97 Å². The summed E-state index contributed by atoms with van der Waals surface area (Å²) >= 11 is 0. The minimum absolute atomic E-state index is 0.125. The molecule has 1 aromatic carbocycles. The number of benzene rings is 1. The number of aryl methyl sites for hydroxylation is 1. The van der Waals surface area contributed by atoms with Crippen LogP contribution in [0.5, 0.6) is 0 Å². The number of carboxylic acid groups (broad SMARTS) is 1. The molecule has 21 heavy (non-hydrogen) atoms. The van der Waals surface area contributed by atoms with Crippen LogP contribution in [0.1, 0.15) is 44.2 Å². The molecule has 0 aliphatic heterocycles. The second-order valence-corrected chi connectivity index (χ2v) is 5.05. The zero-order chi connectivity index (χ0) is 14.8. The van der Waals surface area contributed by atoms with Crippen LogP contribution in [0, 0.1) is 0 Å². The van der Waals surface area contributed by atoms with Crippen molar-refractivity contribution in [3.63, 3.8) is 0 Å². The van der Waals surface area contributed by atoms with E-state index in [4.69, 9.17) is 9.52 Å². The summed E-state index contributed by atoms with van der Waals surface area (Å²) in [6.45, 7) is 0.176. The molecular weight excluding hydrogens is 270 g/mol. The van der Waals surface area contributed by atoms with Crippen LogP contribution in [-0.4, -0.2) is 17.0 Å². The topological polar surface area (TPSA) is 79.5 Å². The van der Waals surface area contributed by atoms with Crippen LogP contribution in [0.25, 0.3) is 0 Å². The van der Waals surface area contributed by atoms with Crippen molar-refractivity contribution >= 4 is 11.9 Å². The van der Waals surface area contributed by atoms with Gasteiger partial charge in [-0.15, -0.1) is 0 Å². The highest BCUT2D eigenvalue weighted by Gasteiger charge is 2.18. The largest absolute Gasteiger partial charge is 0.475 e. The molecule has 1 aliphatic rings. The number of nitrogens with one attached hydrogen (secondary N) is 1. The number of rotatable bonds is 4. The molecule has 2 aromatic rings. The maximum absolute atomic E-state index is 12.2. The summed E-state index contributed by atoms with van der Waals surface area (Å²) in [7, 11) is 0. The zero-order valence-corrected chi connectivity index (χ0v) is 11.4. The standard InChI is InChI=1S/C16H15NO4/c18-15(13-6-2-4-10-3-1-5-12(10)13)17-9-11-7-8-14(21-11)16(19)20/h2,4,6-8H,1,3,5,9H2,(H,17,18)(H,19,20). The Morgan fingerprint density at radius 3 is 2.81 bits per heavy atom. The van der Waals surface area contributed by atoms with Gasteiger partial charge in [0, 0.05) is 5.56 Å². The lowest BCUT2D eigenvalue weighted by molar-refractivity contribution is 0.0660. The van der Waals surface area contributed by atoms with Gasteiger partial charge in [0.1, 0.15) is 5.76 Å². The molecule has 5 nitrogen and oxygen atoms in total. The maximum atomic E-state index is 12.2. The van der Waals surface area contributed by atoms with Gasteiger partial charge in [-0.3, -0.25) is 4.79 Å². The normalized spacial score (nSPS) is 13.0. The van der Waals surface area contributed by atoms with Crippen LogP contribution < -0.4 is 5.32 Å². The molecule has 2 N–H and O–H groups in total. The lowest BCUT2D eigenvalue weighted by atomic mass is 10.0. The second kappa shape index (κ2) is 5.44. The smallest absolute Gasteiger partial charge is 0.371 e. The molecule has 0 saturated heterocycles. The van der Waals surface area contributed by atoms with Gasteiger partial charge < -0.3 is 14.8 Å². The Hall–Kier alpha value is -2.56. The van der Waals surface area contributed by atoms with E-state index >= 15 is 0 Å². The average molecular weight is 285 g/mol. The van der Waals surface area contributed by atoms with Crippen LogP contribution in [0.3, 0.4) is 0 Å². The van der Waals surface area contributed by atoms with Crippen molar-refractivity contribution in [2.24, 2.45) is 0 Å². The van der Waals surface area contributed by atoms with Crippen molar-refractivity contribution in [3.05, 3.63) is 58.5 Å². The predicted molar refractivity (Wildman–Crippen MR) is 75.3 cm³/mol. The highest BCUT2D eigenvalue weighted by molar-refractivity contribution is 5.96. The molecule has 0 atom stereocenters. The Bertz CT molecular complexity index is 702. The summed E-state index contributed by atoms with van der Waals surface area (Å²) in [6.07, 6.45) is 3.04. The number of carboxylic acids is 1. The Labute approximate surface area is 121 Å². The summed E-state index contributed by atoms with van der Waals surface area (Å²) in [6, 6.07) is 8.72. The molecule has 0 bridgehead atoms. The number of hydrogen-bond acceptors (Lipinski definition) is 3. The molecule has 1 aromatic heterocycles. The molecule has 0 unspecified atom stereocenters. The van der Waals surface area contributed by atoms with E-state index in [2.05, 4.69) is 11.4 Å². The summed E-state index contributed by atoms with van der Waals surface area (Å²) < 4.78 is 5.11. The monoisotopic (exact) mass is 285 g/mol. The molecule has 1 heterocycles. The second-order valence-electron chi connectivity index (χ2n) is 5.05. The third kappa shape index (κ3) is 2.67. The SMILES string of the molecule is O=C(O)c1ccc(CNC(=O)c2cccc3c2CCC3)o1. The summed E-state index contributed by atoms with van der Waals surface area (Å²) in [5.74, 6) is -0.969. The molecule has 108 valence electrons. The molecule has 5 heteroatoms. The van der Waals surface area contributed by atoms with E-state index in [0.29, 0.717) is 11.3 Å². The minimum Gasteiger partial charge on any atom is -0.475 e. The molecule has 1 amide bonds. The van der Waals surface area contributed by atoms with Gasteiger partial charge in [0.05, 0.1) is 6.54 Å². The van der Waals surface area contributed by atoms with Crippen molar-refractivity contribution in [2.45, 2.75) is 25.8 Å². The van der Waals surface area contributed by atoms with Crippen molar-refractivity contribution in [1.82, 2.24) is 5.32 Å².